The summed E-state index contributed by atoms with van der Waals surface area (Å²) >= 11 is 0. The first-order valence-corrected chi connectivity index (χ1v) is 4.24. The van der Waals surface area contributed by atoms with Crippen molar-refractivity contribution < 1.29 is 19.7 Å². The van der Waals surface area contributed by atoms with Gasteiger partial charge in [0.2, 0.25) is 0 Å². The van der Waals surface area contributed by atoms with Crippen molar-refractivity contribution in [1.82, 2.24) is 0 Å². The third kappa shape index (κ3) is 1.70. The standard InChI is InChI=1S/C8H17NO4/c1-4-5(10)8(2,9)6(11)7(12-3)13-4/h4-7,10-11H,9H2,1-3H3. The molecule has 0 saturated carbocycles. The van der Waals surface area contributed by atoms with E-state index in [9.17, 15) is 10.2 Å². The number of aliphatic hydroxyl groups excluding tert-OH is 2. The Hall–Kier alpha value is -0.200. The summed E-state index contributed by atoms with van der Waals surface area (Å²) in [4.78, 5) is 0. The maximum atomic E-state index is 9.65. The van der Waals surface area contributed by atoms with Crippen LogP contribution in [0.5, 0.6) is 0 Å². The molecule has 0 spiro atoms. The summed E-state index contributed by atoms with van der Waals surface area (Å²) in [5.41, 5.74) is 4.66. The molecule has 1 rings (SSSR count). The van der Waals surface area contributed by atoms with E-state index in [0.29, 0.717) is 0 Å². The number of nitrogens with two attached hydrogens (primary N) is 1. The summed E-state index contributed by atoms with van der Waals surface area (Å²) in [6.07, 6.45) is -3.13. The van der Waals surface area contributed by atoms with Gasteiger partial charge in [-0.2, -0.15) is 0 Å². The van der Waals surface area contributed by atoms with Gasteiger partial charge in [-0.1, -0.05) is 0 Å². The van der Waals surface area contributed by atoms with E-state index in [1.807, 2.05) is 0 Å². The lowest BCUT2D eigenvalue weighted by Crippen LogP contribution is -2.69. The number of rotatable bonds is 1. The average molecular weight is 191 g/mol. The molecule has 5 unspecified atom stereocenters. The second kappa shape index (κ2) is 3.51. The van der Waals surface area contributed by atoms with Gasteiger partial charge in [-0.25, -0.2) is 0 Å². The molecule has 1 fully saturated rings. The topological polar surface area (TPSA) is 84.9 Å². The number of ether oxygens (including phenoxy) is 2. The Morgan fingerprint density at radius 1 is 1.38 bits per heavy atom. The fourth-order valence-electron chi connectivity index (χ4n) is 1.52. The van der Waals surface area contributed by atoms with Crippen molar-refractivity contribution in [1.29, 1.82) is 0 Å². The summed E-state index contributed by atoms with van der Waals surface area (Å²) in [5.74, 6) is 0. The molecule has 0 radical (unpaired) electrons. The van der Waals surface area contributed by atoms with Crippen LogP contribution in [0.15, 0.2) is 0 Å². The minimum atomic E-state index is -1.10. The van der Waals surface area contributed by atoms with Crippen LogP contribution in [-0.4, -0.2) is 47.5 Å². The van der Waals surface area contributed by atoms with E-state index >= 15 is 0 Å². The molecule has 0 aliphatic carbocycles. The van der Waals surface area contributed by atoms with E-state index in [-0.39, 0.29) is 0 Å². The minimum Gasteiger partial charge on any atom is -0.388 e. The molecule has 78 valence electrons. The van der Waals surface area contributed by atoms with E-state index in [4.69, 9.17) is 15.2 Å². The highest BCUT2D eigenvalue weighted by Gasteiger charge is 2.49. The first kappa shape index (κ1) is 10.9. The van der Waals surface area contributed by atoms with Crippen molar-refractivity contribution in [2.75, 3.05) is 7.11 Å². The van der Waals surface area contributed by atoms with Gasteiger partial charge in [-0.05, 0) is 13.8 Å². The van der Waals surface area contributed by atoms with Crippen LogP contribution in [-0.2, 0) is 9.47 Å². The molecule has 13 heavy (non-hydrogen) atoms. The molecule has 4 N–H and O–H groups in total. The summed E-state index contributed by atoms with van der Waals surface area (Å²) in [5, 5.41) is 19.3. The van der Waals surface area contributed by atoms with E-state index in [0.717, 1.165) is 0 Å². The van der Waals surface area contributed by atoms with Crippen molar-refractivity contribution in [2.45, 2.75) is 44.0 Å². The Bertz CT molecular complexity index is 185. The van der Waals surface area contributed by atoms with Crippen molar-refractivity contribution in [3.05, 3.63) is 0 Å². The van der Waals surface area contributed by atoms with Crippen molar-refractivity contribution in [2.24, 2.45) is 5.73 Å². The average Bonchev–Trinajstić information content (AvgIpc) is 2.09. The molecule has 1 aliphatic heterocycles. The molecular weight excluding hydrogens is 174 g/mol. The zero-order valence-corrected chi connectivity index (χ0v) is 8.10. The second-order valence-electron chi connectivity index (χ2n) is 3.70. The summed E-state index contributed by atoms with van der Waals surface area (Å²) in [6, 6.07) is 0. The molecule has 0 aromatic heterocycles. The Morgan fingerprint density at radius 2 is 1.92 bits per heavy atom. The van der Waals surface area contributed by atoms with Gasteiger partial charge >= 0.3 is 0 Å². The molecule has 1 saturated heterocycles. The van der Waals surface area contributed by atoms with E-state index < -0.39 is 30.1 Å². The number of hydrogen-bond acceptors (Lipinski definition) is 5. The first-order valence-electron chi connectivity index (χ1n) is 4.24. The minimum absolute atomic E-state index is 0.441. The highest BCUT2D eigenvalue weighted by Crippen LogP contribution is 2.27. The molecular formula is C8H17NO4. The molecule has 0 amide bonds. The van der Waals surface area contributed by atoms with Crippen molar-refractivity contribution >= 4 is 0 Å². The predicted molar refractivity (Wildman–Crippen MR) is 46.0 cm³/mol. The lowest BCUT2D eigenvalue weighted by atomic mass is 9.84. The Kier molecular flexibility index (Phi) is 2.94. The molecule has 1 aliphatic rings. The van der Waals surface area contributed by atoms with Crippen LogP contribution in [0.1, 0.15) is 13.8 Å². The third-order valence-electron chi connectivity index (χ3n) is 2.56. The van der Waals surface area contributed by atoms with E-state index in [1.165, 1.54) is 7.11 Å². The van der Waals surface area contributed by atoms with Crippen LogP contribution >= 0.6 is 0 Å². The van der Waals surface area contributed by atoms with Gasteiger partial charge in [-0.3, -0.25) is 0 Å². The second-order valence-corrected chi connectivity index (χ2v) is 3.70. The number of hydrogen-bond donors (Lipinski definition) is 3. The Labute approximate surface area is 77.4 Å². The number of aliphatic hydroxyl groups is 2. The fourth-order valence-corrected chi connectivity index (χ4v) is 1.52. The van der Waals surface area contributed by atoms with Crippen LogP contribution < -0.4 is 5.73 Å². The molecule has 5 atom stereocenters. The van der Waals surface area contributed by atoms with E-state index in [2.05, 4.69) is 0 Å². The van der Waals surface area contributed by atoms with Crippen molar-refractivity contribution in [3.8, 4) is 0 Å². The molecule has 5 heteroatoms. The quantitative estimate of drug-likeness (QED) is 0.485. The lowest BCUT2D eigenvalue weighted by molar-refractivity contribution is -0.276. The summed E-state index contributed by atoms with van der Waals surface area (Å²) in [7, 11) is 1.42. The van der Waals surface area contributed by atoms with Gasteiger partial charge in [0.15, 0.2) is 6.29 Å². The maximum Gasteiger partial charge on any atom is 0.185 e. The molecule has 5 nitrogen and oxygen atoms in total. The van der Waals surface area contributed by atoms with Crippen LogP contribution in [0.2, 0.25) is 0 Å². The van der Waals surface area contributed by atoms with Gasteiger partial charge in [0.05, 0.1) is 11.6 Å². The summed E-state index contributed by atoms with van der Waals surface area (Å²) < 4.78 is 10.1. The summed E-state index contributed by atoms with van der Waals surface area (Å²) in [6.45, 7) is 3.26. The predicted octanol–water partition coefficient (Wildman–Crippen LogP) is -1.18. The fraction of sp³-hybridized carbons (Fsp3) is 1.00. The smallest absolute Gasteiger partial charge is 0.185 e. The highest BCUT2D eigenvalue weighted by atomic mass is 16.7. The van der Waals surface area contributed by atoms with Gasteiger partial charge < -0.3 is 25.4 Å². The van der Waals surface area contributed by atoms with Gasteiger partial charge in [-0.15, -0.1) is 0 Å². The first-order chi connectivity index (χ1) is 5.91. The normalized spacial score (nSPS) is 52.2. The van der Waals surface area contributed by atoms with Gasteiger partial charge in [0.1, 0.15) is 12.2 Å². The molecule has 0 aromatic carbocycles. The Balaban J connectivity index is 2.82. The molecule has 0 bridgehead atoms. The lowest BCUT2D eigenvalue weighted by Gasteiger charge is -2.46. The largest absolute Gasteiger partial charge is 0.388 e. The zero-order chi connectivity index (χ0) is 10.2. The number of methoxy groups -OCH3 is 1. The van der Waals surface area contributed by atoms with Gasteiger partial charge in [0.25, 0.3) is 0 Å². The zero-order valence-electron chi connectivity index (χ0n) is 8.10. The van der Waals surface area contributed by atoms with Gasteiger partial charge in [0, 0.05) is 7.11 Å². The maximum absolute atomic E-state index is 9.65. The SMILES string of the molecule is COC1OC(C)C(O)C(C)(N)C1O. The Morgan fingerprint density at radius 3 is 2.38 bits per heavy atom. The van der Waals surface area contributed by atoms with E-state index in [1.54, 1.807) is 13.8 Å². The molecule has 0 aromatic rings. The van der Waals surface area contributed by atoms with Crippen LogP contribution in [0, 0.1) is 0 Å². The highest BCUT2D eigenvalue weighted by molar-refractivity contribution is 5.01. The van der Waals surface area contributed by atoms with Crippen molar-refractivity contribution in [3.63, 3.8) is 0 Å². The van der Waals surface area contributed by atoms with Crippen LogP contribution in [0.3, 0.4) is 0 Å². The third-order valence-corrected chi connectivity index (χ3v) is 2.56. The van der Waals surface area contributed by atoms with Crippen LogP contribution in [0.25, 0.3) is 0 Å². The van der Waals surface area contributed by atoms with Crippen LogP contribution in [0.4, 0.5) is 0 Å². The monoisotopic (exact) mass is 191 g/mol. The molecule has 1 heterocycles.